The molecule has 1 saturated carbocycles. The molecule has 0 spiro atoms. The quantitative estimate of drug-likeness (QED) is 0.914. The molecule has 1 saturated heterocycles. The van der Waals surface area contributed by atoms with Crippen molar-refractivity contribution in [1.29, 1.82) is 0 Å². The Morgan fingerprint density at radius 3 is 2.75 bits per heavy atom. The lowest BCUT2D eigenvalue weighted by Gasteiger charge is -2.32. The SMILES string of the molecule is Fc1cccc(C2CNCC(CC3CCCC3)O2)c1F. The van der Waals surface area contributed by atoms with Crippen molar-refractivity contribution in [3.05, 3.63) is 35.4 Å². The summed E-state index contributed by atoms with van der Waals surface area (Å²) in [6.07, 6.45) is 5.93. The lowest BCUT2D eigenvalue weighted by Crippen LogP contribution is -2.41. The summed E-state index contributed by atoms with van der Waals surface area (Å²) in [4.78, 5) is 0. The summed E-state index contributed by atoms with van der Waals surface area (Å²) in [7, 11) is 0. The van der Waals surface area contributed by atoms with Crippen LogP contribution in [0.25, 0.3) is 0 Å². The smallest absolute Gasteiger partial charge is 0.164 e. The molecule has 3 rings (SSSR count). The second kappa shape index (κ2) is 6.19. The second-order valence-electron chi connectivity index (χ2n) is 5.93. The number of nitrogens with one attached hydrogen (secondary N) is 1. The van der Waals surface area contributed by atoms with Crippen LogP contribution < -0.4 is 5.32 Å². The summed E-state index contributed by atoms with van der Waals surface area (Å²) in [5, 5.41) is 3.29. The summed E-state index contributed by atoms with van der Waals surface area (Å²) in [6.45, 7) is 1.35. The minimum atomic E-state index is -0.802. The van der Waals surface area contributed by atoms with E-state index in [1.165, 1.54) is 31.7 Å². The molecule has 1 aromatic carbocycles. The van der Waals surface area contributed by atoms with Gasteiger partial charge in [0.05, 0.1) is 12.2 Å². The number of hydrogen-bond acceptors (Lipinski definition) is 2. The monoisotopic (exact) mass is 281 g/mol. The van der Waals surface area contributed by atoms with Crippen molar-refractivity contribution in [3.63, 3.8) is 0 Å². The van der Waals surface area contributed by atoms with Gasteiger partial charge in [0.25, 0.3) is 0 Å². The Kier molecular flexibility index (Phi) is 4.32. The molecule has 2 nitrogen and oxygen atoms in total. The van der Waals surface area contributed by atoms with Gasteiger partial charge in [0.15, 0.2) is 11.6 Å². The maximum Gasteiger partial charge on any atom is 0.164 e. The van der Waals surface area contributed by atoms with Crippen molar-refractivity contribution in [2.24, 2.45) is 5.92 Å². The maximum atomic E-state index is 13.8. The zero-order valence-electron chi connectivity index (χ0n) is 11.6. The van der Waals surface area contributed by atoms with Crippen molar-refractivity contribution in [2.75, 3.05) is 13.1 Å². The van der Waals surface area contributed by atoms with Gasteiger partial charge in [-0.3, -0.25) is 0 Å². The molecule has 2 aliphatic rings. The van der Waals surface area contributed by atoms with Crippen molar-refractivity contribution < 1.29 is 13.5 Å². The van der Waals surface area contributed by atoms with E-state index in [-0.39, 0.29) is 12.2 Å². The Hall–Kier alpha value is -1.00. The first kappa shape index (κ1) is 14.0. The highest BCUT2D eigenvalue weighted by molar-refractivity contribution is 5.22. The molecular formula is C16H21F2NO. The minimum absolute atomic E-state index is 0.111. The Labute approximate surface area is 118 Å². The zero-order chi connectivity index (χ0) is 13.9. The molecule has 0 amide bonds. The highest BCUT2D eigenvalue weighted by atomic mass is 19.2. The highest BCUT2D eigenvalue weighted by Crippen LogP contribution is 2.32. The number of morpholine rings is 1. The van der Waals surface area contributed by atoms with Gasteiger partial charge >= 0.3 is 0 Å². The molecule has 0 radical (unpaired) electrons. The predicted molar refractivity (Wildman–Crippen MR) is 73.4 cm³/mol. The van der Waals surface area contributed by atoms with Gasteiger partial charge in [0, 0.05) is 18.7 Å². The number of halogens is 2. The molecule has 1 aliphatic carbocycles. The van der Waals surface area contributed by atoms with Crippen LogP contribution in [0.15, 0.2) is 18.2 Å². The van der Waals surface area contributed by atoms with E-state index >= 15 is 0 Å². The van der Waals surface area contributed by atoms with Gasteiger partial charge in [-0.1, -0.05) is 37.8 Å². The highest BCUT2D eigenvalue weighted by Gasteiger charge is 2.29. The normalized spacial score (nSPS) is 27.9. The molecule has 1 heterocycles. The molecule has 1 N–H and O–H groups in total. The van der Waals surface area contributed by atoms with Gasteiger partial charge in [0.2, 0.25) is 0 Å². The Bertz CT molecular complexity index is 460. The molecule has 2 atom stereocenters. The van der Waals surface area contributed by atoms with Gasteiger partial charge in [0.1, 0.15) is 0 Å². The fraction of sp³-hybridized carbons (Fsp3) is 0.625. The Morgan fingerprint density at radius 2 is 1.95 bits per heavy atom. The Balaban J connectivity index is 1.66. The predicted octanol–water partition coefficient (Wildman–Crippen LogP) is 3.57. The maximum absolute atomic E-state index is 13.8. The van der Waals surface area contributed by atoms with Crippen LogP contribution in [-0.4, -0.2) is 19.2 Å². The third kappa shape index (κ3) is 3.01. The summed E-state index contributed by atoms with van der Waals surface area (Å²) >= 11 is 0. The van der Waals surface area contributed by atoms with Gasteiger partial charge in [-0.25, -0.2) is 8.78 Å². The van der Waals surface area contributed by atoms with Crippen molar-refractivity contribution >= 4 is 0 Å². The number of rotatable bonds is 3. The molecular weight excluding hydrogens is 260 g/mol. The van der Waals surface area contributed by atoms with Crippen LogP contribution >= 0.6 is 0 Å². The van der Waals surface area contributed by atoms with E-state index in [4.69, 9.17) is 4.74 Å². The third-order valence-corrected chi connectivity index (χ3v) is 4.46. The van der Waals surface area contributed by atoms with E-state index in [0.717, 1.165) is 24.9 Å². The first-order valence-electron chi connectivity index (χ1n) is 7.54. The standard InChI is InChI=1S/C16H21F2NO/c17-14-7-3-6-13(16(14)18)15-10-19-9-12(20-15)8-11-4-1-2-5-11/h3,6-7,11-12,15,19H,1-2,4-5,8-10H2. The third-order valence-electron chi connectivity index (χ3n) is 4.46. The fourth-order valence-corrected chi connectivity index (χ4v) is 3.41. The van der Waals surface area contributed by atoms with Crippen LogP contribution in [0.5, 0.6) is 0 Å². The molecule has 0 bridgehead atoms. The van der Waals surface area contributed by atoms with Crippen molar-refractivity contribution in [3.8, 4) is 0 Å². The summed E-state index contributed by atoms with van der Waals surface area (Å²) in [5.41, 5.74) is 0.327. The van der Waals surface area contributed by atoms with Gasteiger partial charge < -0.3 is 10.1 Å². The van der Waals surface area contributed by atoms with Gasteiger partial charge in [-0.05, 0) is 18.4 Å². The fourth-order valence-electron chi connectivity index (χ4n) is 3.41. The second-order valence-corrected chi connectivity index (χ2v) is 5.93. The average molecular weight is 281 g/mol. The molecule has 110 valence electrons. The summed E-state index contributed by atoms with van der Waals surface area (Å²) in [5.74, 6) is -0.845. The number of ether oxygens (including phenoxy) is 1. The summed E-state index contributed by atoms with van der Waals surface area (Å²) in [6, 6.07) is 4.30. The van der Waals surface area contributed by atoms with Crippen LogP contribution in [0.1, 0.15) is 43.8 Å². The summed E-state index contributed by atoms with van der Waals surface area (Å²) < 4.78 is 33.1. The van der Waals surface area contributed by atoms with Gasteiger partial charge in [-0.15, -0.1) is 0 Å². The topological polar surface area (TPSA) is 21.3 Å². The number of benzene rings is 1. The van der Waals surface area contributed by atoms with E-state index in [9.17, 15) is 8.78 Å². The molecule has 2 fully saturated rings. The lowest BCUT2D eigenvalue weighted by atomic mass is 9.98. The minimum Gasteiger partial charge on any atom is -0.368 e. The van der Waals surface area contributed by atoms with E-state index in [1.54, 1.807) is 6.07 Å². The largest absolute Gasteiger partial charge is 0.368 e. The molecule has 1 aromatic rings. The van der Waals surface area contributed by atoms with Crippen LogP contribution in [0.2, 0.25) is 0 Å². The van der Waals surface area contributed by atoms with E-state index in [2.05, 4.69) is 5.32 Å². The molecule has 1 aliphatic heterocycles. The average Bonchev–Trinajstić information content (AvgIpc) is 2.95. The van der Waals surface area contributed by atoms with Crippen LogP contribution in [-0.2, 0) is 4.74 Å². The first-order valence-corrected chi connectivity index (χ1v) is 7.54. The molecule has 2 unspecified atom stereocenters. The molecule has 4 heteroatoms. The van der Waals surface area contributed by atoms with Crippen LogP contribution in [0.4, 0.5) is 8.78 Å². The van der Waals surface area contributed by atoms with Crippen molar-refractivity contribution in [1.82, 2.24) is 5.32 Å². The Morgan fingerprint density at radius 1 is 1.15 bits per heavy atom. The van der Waals surface area contributed by atoms with E-state index in [1.807, 2.05) is 0 Å². The van der Waals surface area contributed by atoms with E-state index < -0.39 is 11.6 Å². The van der Waals surface area contributed by atoms with Crippen LogP contribution in [0, 0.1) is 17.6 Å². The molecule has 20 heavy (non-hydrogen) atoms. The number of hydrogen-bond donors (Lipinski definition) is 1. The zero-order valence-corrected chi connectivity index (χ0v) is 11.6. The van der Waals surface area contributed by atoms with Crippen LogP contribution in [0.3, 0.4) is 0 Å². The van der Waals surface area contributed by atoms with E-state index in [0.29, 0.717) is 12.1 Å². The molecule has 0 aromatic heterocycles. The van der Waals surface area contributed by atoms with Gasteiger partial charge in [-0.2, -0.15) is 0 Å². The van der Waals surface area contributed by atoms with Crippen molar-refractivity contribution in [2.45, 2.75) is 44.3 Å². The first-order chi connectivity index (χ1) is 9.74. The lowest BCUT2D eigenvalue weighted by molar-refractivity contribution is -0.0505.